The number of hydrogen-bond acceptors (Lipinski definition) is 6. The van der Waals surface area contributed by atoms with Crippen LogP contribution in [0.25, 0.3) is 0 Å². The maximum atomic E-state index is 12.7. The quantitative estimate of drug-likeness (QED) is 0.757. The van der Waals surface area contributed by atoms with E-state index in [0.717, 1.165) is 30.2 Å². The first-order valence-corrected chi connectivity index (χ1v) is 9.01. The van der Waals surface area contributed by atoms with Gasteiger partial charge in [-0.1, -0.05) is 0 Å². The average molecular weight is 357 g/mol. The normalized spacial score (nSPS) is 17.4. The molecule has 3 aromatic heterocycles. The van der Waals surface area contributed by atoms with E-state index in [1.54, 1.807) is 23.9 Å². The molecule has 0 saturated carbocycles. The lowest BCUT2D eigenvalue weighted by Crippen LogP contribution is -2.43. The van der Waals surface area contributed by atoms with Gasteiger partial charge in [-0.05, 0) is 19.1 Å². The molecule has 25 heavy (non-hydrogen) atoms. The maximum absolute atomic E-state index is 12.7. The molecule has 0 fully saturated rings. The van der Waals surface area contributed by atoms with Crippen molar-refractivity contribution in [2.24, 2.45) is 0 Å². The fourth-order valence-electron chi connectivity index (χ4n) is 3.08. The van der Waals surface area contributed by atoms with Crippen molar-refractivity contribution in [3.8, 4) is 0 Å². The van der Waals surface area contributed by atoms with E-state index in [2.05, 4.69) is 20.2 Å². The smallest absolute Gasteiger partial charge is 0.244 e. The molecule has 1 amide bonds. The van der Waals surface area contributed by atoms with Crippen LogP contribution in [0.15, 0.2) is 40.8 Å². The molecule has 1 aliphatic heterocycles. The Bertz CT molecular complexity index is 854. The van der Waals surface area contributed by atoms with Crippen molar-refractivity contribution in [2.75, 3.05) is 6.54 Å². The fourth-order valence-corrected chi connectivity index (χ4v) is 3.90. The second kappa shape index (κ2) is 6.81. The monoisotopic (exact) mass is 357 g/mol. The molecule has 7 nitrogen and oxygen atoms in total. The van der Waals surface area contributed by atoms with Crippen molar-refractivity contribution >= 4 is 17.2 Å². The summed E-state index contributed by atoms with van der Waals surface area (Å²) in [6.45, 7) is 4.63. The van der Waals surface area contributed by atoms with Gasteiger partial charge in [-0.2, -0.15) is 0 Å². The molecular formula is C17H19N5O2S. The van der Waals surface area contributed by atoms with E-state index in [1.807, 2.05) is 35.3 Å². The standard InChI is InChI=1S/C17H19N5O2S/c1-12-16(25-11-20-12)9-21-7-13-5-18-10-22(13)15(8-21)17(23)19-6-14-3-2-4-24-14/h2-5,10-11,15H,6-9H2,1H3,(H,19,23). The molecule has 0 radical (unpaired) electrons. The van der Waals surface area contributed by atoms with E-state index in [4.69, 9.17) is 4.42 Å². The molecule has 0 bridgehead atoms. The number of aromatic nitrogens is 3. The number of amides is 1. The molecule has 0 saturated heterocycles. The molecule has 4 heterocycles. The van der Waals surface area contributed by atoms with Crippen molar-refractivity contribution in [1.29, 1.82) is 0 Å². The lowest BCUT2D eigenvalue weighted by molar-refractivity contribution is -0.125. The first-order valence-electron chi connectivity index (χ1n) is 8.13. The van der Waals surface area contributed by atoms with E-state index in [1.165, 1.54) is 4.88 Å². The largest absolute Gasteiger partial charge is 0.467 e. The highest BCUT2D eigenvalue weighted by atomic mass is 32.1. The number of rotatable bonds is 5. The van der Waals surface area contributed by atoms with E-state index in [0.29, 0.717) is 13.1 Å². The zero-order valence-corrected chi connectivity index (χ0v) is 14.7. The lowest BCUT2D eigenvalue weighted by atomic mass is 10.1. The van der Waals surface area contributed by atoms with E-state index < -0.39 is 0 Å². The Labute approximate surface area is 149 Å². The summed E-state index contributed by atoms with van der Waals surface area (Å²) in [6.07, 6.45) is 5.18. The summed E-state index contributed by atoms with van der Waals surface area (Å²) in [5.41, 5.74) is 3.97. The second-order valence-electron chi connectivity index (χ2n) is 6.14. The van der Waals surface area contributed by atoms with Crippen molar-refractivity contribution < 1.29 is 9.21 Å². The first-order chi connectivity index (χ1) is 12.2. The third-order valence-corrected chi connectivity index (χ3v) is 5.35. The van der Waals surface area contributed by atoms with Crippen LogP contribution in [-0.4, -0.2) is 31.9 Å². The number of imidazole rings is 1. The lowest BCUT2D eigenvalue weighted by Gasteiger charge is -2.33. The summed E-state index contributed by atoms with van der Waals surface area (Å²) in [6, 6.07) is 3.37. The van der Waals surface area contributed by atoms with Gasteiger partial charge in [-0.3, -0.25) is 9.69 Å². The minimum Gasteiger partial charge on any atom is -0.467 e. The van der Waals surface area contributed by atoms with Crippen LogP contribution >= 0.6 is 11.3 Å². The Morgan fingerprint density at radius 1 is 1.52 bits per heavy atom. The van der Waals surface area contributed by atoms with Crippen LogP contribution in [0.1, 0.15) is 28.1 Å². The number of nitrogens with zero attached hydrogens (tertiary/aromatic N) is 4. The zero-order valence-electron chi connectivity index (χ0n) is 13.9. The Hall–Kier alpha value is -2.45. The third kappa shape index (κ3) is 3.35. The predicted molar refractivity (Wildman–Crippen MR) is 92.8 cm³/mol. The molecule has 4 rings (SSSR count). The second-order valence-corrected chi connectivity index (χ2v) is 7.08. The molecule has 1 unspecified atom stereocenters. The van der Waals surface area contributed by atoms with Gasteiger partial charge in [0.15, 0.2) is 0 Å². The van der Waals surface area contributed by atoms with Crippen molar-refractivity contribution in [2.45, 2.75) is 32.6 Å². The number of thiazole rings is 1. The Balaban J connectivity index is 1.48. The number of aryl methyl sites for hydroxylation is 1. The fraction of sp³-hybridized carbons (Fsp3) is 0.353. The van der Waals surface area contributed by atoms with Crippen LogP contribution in [0, 0.1) is 6.92 Å². The highest BCUT2D eigenvalue weighted by Crippen LogP contribution is 2.24. The molecule has 8 heteroatoms. The highest BCUT2D eigenvalue weighted by molar-refractivity contribution is 7.09. The summed E-state index contributed by atoms with van der Waals surface area (Å²) in [7, 11) is 0. The zero-order chi connectivity index (χ0) is 17.2. The molecule has 1 N–H and O–H groups in total. The number of fused-ring (bicyclic) bond motifs is 1. The first kappa shape index (κ1) is 16.0. The molecule has 130 valence electrons. The summed E-state index contributed by atoms with van der Waals surface area (Å²) in [4.78, 5) is 24.8. The van der Waals surface area contributed by atoms with Gasteiger partial charge in [0, 0.05) is 30.7 Å². The number of hydrogen-bond donors (Lipinski definition) is 1. The Kier molecular flexibility index (Phi) is 4.37. The van der Waals surface area contributed by atoms with Gasteiger partial charge in [-0.25, -0.2) is 9.97 Å². The van der Waals surface area contributed by atoms with Crippen LogP contribution in [0.2, 0.25) is 0 Å². The van der Waals surface area contributed by atoms with Crippen LogP contribution in [-0.2, 0) is 24.4 Å². The van der Waals surface area contributed by atoms with Crippen molar-refractivity contribution in [1.82, 2.24) is 24.8 Å². The van der Waals surface area contributed by atoms with Gasteiger partial charge in [0.1, 0.15) is 11.8 Å². The van der Waals surface area contributed by atoms with E-state index >= 15 is 0 Å². The van der Waals surface area contributed by atoms with Crippen LogP contribution in [0.5, 0.6) is 0 Å². The number of nitrogens with one attached hydrogen (secondary N) is 1. The van der Waals surface area contributed by atoms with Crippen LogP contribution in [0.3, 0.4) is 0 Å². The number of carbonyl (C=O) groups excluding carboxylic acids is 1. The van der Waals surface area contributed by atoms with E-state index in [-0.39, 0.29) is 11.9 Å². The predicted octanol–water partition coefficient (Wildman–Crippen LogP) is 2.11. The van der Waals surface area contributed by atoms with Crippen LogP contribution < -0.4 is 5.32 Å². The number of furan rings is 1. The summed E-state index contributed by atoms with van der Waals surface area (Å²) in [5, 5.41) is 2.96. The molecule has 0 aromatic carbocycles. The summed E-state index contributed by atoms with van der Waals surface area (Å²) < 4.78 is 7.25. The molecular weight excluding hydrogens is 338 g/mol. The SMILES string of the molecule is Cc1ncsc1CN1Cc2cncn2C(C(=O)NCc2ccco2)C1. The van der Waals surface area contributed by atoms with E-state index in [9.17, 15) is 4.79 Å². The minimum atomic E-state index is -0.297. The summed E-state index contributed by atoms with van der Waals surface area (Å²) >= 11 is 1.66. The molecule has 3 aromatic rings. The minimum absolute atomic E-state index is 0.0265. The maximum Gasteiger partial charge on any atom is 0.244 e. The van der Waals surface area contributed by atoms with Gasteiger partial charge in [0.05, 0.1) is 36.0 Å². The Morgan fingerprint density at radius 3 is 3.20 bits per heavy atom. The summed E-state index contributed by atoms with van der Waals surface area (Å²) in [5.74, 6) is 0.716. The molecule has 0 spiro atoms. The topological polar surface area (TPSA) is 76.2 Å². The number of carbonyl (C=O) groups is 1. The van der Waals surface area contributed by atoms with Gasteiger partial charge in [-0.15, -0.1) is 11.3 Å². The van der Waals surface area contributed by atoms with Crippen molar-refractivity contribution in [3.05, 3.63) is 58.5 Å². The Morgan fingerprint density at radius 2 is 2.44 bits per heavy atom. The molecule has 1 atom stereocenters. The van der Waals surface area contributed by atoms with Gasteiger partial charge < -0.3 is 14.3 Å². The van der Waals surface area contributed by atoms with Crippen LogP contribution in [0.4, 0.5) is 0 Å². The third-order valence-electron chi connectivity index (χ3n) is 4.43. The van der Waals surface area contributed by atoms with Crippen molar-refractivity contribution in [3.63, 3.8) is 0 Å². The van der Waals surface area contributed by atoms with Gasteiger partial charge >= 0.3 is 0 Å². The van der Waals surface area contributed by atoms with Gasteiger partial charge in [0.2, 0.25) is 5.91 Å². The van der Waals surface area contributed by atoms with Gasteiger partial charge in [0.25, 0.3) is 0 Å². The molecule has 1 aliphatic rings. The average Bonchev–Trinajstić information content (AvgIpc) is 3.35. The molecule has 0 aliphatic carbocycles. The highest BCUT2D eigenvalue weighted by Gasteiger charge is 2.30.